The van der Waals surface area contributed by atoms with Crippen molar-refractivity contribution < 1.29 is 18.0 Å². The quantitative estimate of drug-likeness (QED) is 0.765. The second kappa shape index (κ2) is 9.40. The Bertz CT molecular complexity index is 991. The average molecular weight is 430 g/mol. The van der Waals surface area contributed by atoms with Gasteiger partial charge in [-0.25, -0.2) is 8.42 Å². The fourth-order valence-corrected chi connectivity index (χ4v) is 5.20. The minimum atomic E-state index is -3.71. The number of piperidine rings is 1. The minimum Gasteiger partial charge on any atom is -0.341 e. The van der Waals surface area contributed by atoms with Crippen molar-refractivity contribution in [2.45, 2.75) is 31.2 Å². The van der Waals surface area contributed by atoms with Gasteiger partial charge in [0.15, 0.2) is 0 Å². The van der Waals surface area contributed by atoms with Crippen molar-refractivity contribution in [3.63, 3.8) is 0 Å². The summed E-state index contributed by atoms with van der Waals surface area (Å²) >= 11 is 0. The fourth-order valence-electron chi connectivity index (χ4n) is 3.67. The molecule has 1 fully saturated rings. The number of amides is 2. The zero-order valence-electron chi connectivity index (χ0n) is 17.2. The number of nitrogens with one attached hydrogen (secondary N) is 1. The van der Waals surface area contributed by atoms with E-state index in [1.165, 1.54) is 23.4 Å². The third kappa shape index (κ3) is 5.25. The van der Waals surface area contributed by atoms with Crippen molar-refractivity contribution in [3.8, 4) is 0 Å². The maximum atomic E-state index is 13.1. The van der Waals surface area contributed by atoms with E-state index >= 15 is 0 Å². The van der Waals surface area contributed by atoms with Gasteiger partial charge in [0.25, 0.3) is 0 Å². The van der Waals surface area contributed by atoms with E-state index < -0.39 is 10.0 Å². The van der Waals surface area contributed by atoms with Crippen LogP contribution in [0.1, 0.15) is 25.3 Å². The number of hydrogen-bond acceptors (Lipinski definition) is 4. The summed E-state index contributed by atoms with van der Waals surface area (Å²) in [5.41, 5.74) is 1.57. The predicted octanol–water partition coefficient (Wildman–Crippen LogP) is 2.70. The van der Waals surface area contributed by atoms with Gasteiger partial charge in [0.1, 0.15) is 0 Å². The molecule has 0 aliphatic carbocycles. The summed E-state index contributed by atoms with van der Waals surface area (Å²) in [4.78, 5) is 25.9. The lowest BCUT2D eigenvalue weighted by atomic mass is 9.98. The van der Waals surface area contributed by atoms with E-state index in [4.69, 9.17) is 0 Å². The van der Waals surface area contributed by atoms with Gasteiger partial charge in [-0.15, -0.1) is 0 Å². The molecule has 3 rings (SSSR count). The first-order chi connectivity index (χ1) is 14.3. The summed E-state index contributed by atoms with van der Waals surface area (Å²) in [6.45, 7) is 2.45. The van der Waals surface area contributed by atoms with Crippen LogP contribution in [0.3, 0.4) is 0 Å². The van der Waals surface area contributed by atoms with Crippen LogP contribution in [0.25, 0.3) is 0 Å². The molecule has 2 aromatic carbocycles. The average Bonchev–Trinajstić information content (AvgIpc) is 2.74. The normalized spacial score (nSPS) is 17.3. The molecule has 0 spiro atoms. The molecule has 1 N–H and O–H groups in total. The summed E-state index contributed by atoms with van der Waals surface area (Å²) in [5.74, 6) is -0.622. The van der Waals surface area contributed by atoms with Crippen LogP contribution in [0.2, 0.25) is 0 Å². The second-order valence-corrected chi connectivity index (χ2v) is 9.53. The molecule has 160 valence electrons. The predicted molar refractivity (Wildman–Crippen MR) is 115 cm³/mol. The molecule has 1 aliphatic rings. The Kier molecular flexibility index (Phi) is 6.89. The third-order valence-corrected chi connectivity index (χ3v) is 7.06. The first-order valence-corrected chi connectivity index (χ1v) is 11.4. The van der Waals surface area contributed by atoms with Gasteiger partial charge in [-0.3, -0.25) is 9.59 Å². The molecule has 0 bridgehead atoms. The number of hydrogen-bond donors (Lipinski definition) is 1. The van der Waals surface area contributed by atoms with Gasteiger partial charge in [0, 0.05) is 39.3 Å². The number of benzene rings is 2. The molecule has 1 saturated heterocycles. The lowest BCUT2D eigenvalue weighted by molar-refractivity contribution is -0.135. The Morgan fingerprint density at radius 1 is 1.10 bits per heavy atom. The molecule has 0 aromatic heterocycles. The van der Waals surface area contributed by atoms with Crippen LogP contribution in [0.15, 0.2) is 59.5 Å². The highest BCUT2D eigenvalue weighted by Crippen LogP contribution is 2.26. The maximum Gasteiger partial charge on any atom is 0.243 e. The van der Waals surface area contributed by atoms with Crippen LogP contribution >= 0.6 is 0 Å². The first kappa shape index (κ1) is 22.0. The number of anilines is 1. The Labute approximate surface area is 177 Å². The molecular weight excluding hydrogens is 402 g/mol. The van der Waals surface area contributed by atoms with E-state index in [0.29, 0.717) is 31.6 Å². The van der Waals surface area contributed by atoms with Crippen molar-refractivity contribution in [1.29, 1.82) is 0 Å². The smallest absolute Gasteiger partial charge is 0.243 e. The summed E-state index contributed by atoms with van der Waals surface area (Å²) < 4.78 is 27.5. The summed E-state index contributed by atoms with van der Waals surface area (Å²) in [6, 6.07) is 15.8. The van der Waals surface area contributed by atoms with Gasteiger partial charge in [0.2, 0.25) is 21.8 Å². The largest absolute Gasteiger partial charge is 0.341 e. The van der Waals surface area contributed by atoms with Crippen LogP contribution in [-0.4, -0.2) is 49.6 Å². The SMILES string of the molecule is CC(=O)Nc1ccc(S(=O)(=O)N2CCC[C@@H](C(=O)N(C)Cc3ccccc3)C2)cc1. The maximum absolute atomic E-state index is 13.1. The molecule has 0 saturated carbocycles. The van der Waals surface area contributed by atoms with E-state index in [1.54, 1.807) is 24.1 Å². The van der Waals surface area contributed by atoms with Gasteiger partial charge in [-0.2, -0.15) is 4.31 Å². The second-order valence-electron chi connectivity index (χ2n) is 7.59. The van der Waals surface area contributed by atoms with Crippen LogP contribution in [0, 0.1) is 5.92 Å². The number of carbonyl (C=O) groups excluding carboxylic acids is 2. The molecule has 1 heterocycles. The Hall–Kier alpha value is -2.71. The molecule has 7 nitrogen and oxygen atoms in total. The van der Waals surface area contributed by atoms with E-state index in [0.717, 1.165) is 5.56 Å². The summed E-state index contributed by atoms with van der Waals surface area (Å²) in [5, 5.41) is 2.62. The molecular formula is C22H27N3O4S. The monoisotopic (exact) mass is 429 g/mol. The summed E-state index contributed by atoms with van der Waals surface area (Å²) in [7, 11) is -1.95. The molecule has 2 amide bonds. The molecule has 8 heteroatoms. The van der Waals surface area contributed by atoms with Gasteiger partial charge >= 0.3 is 0 Å². The van der Waals surface area contributed by atoms with Crippen molar-refractivity contribution in [2.75, 3.05) is 25.5 Å². The molecule has 2 aromatic rings. The van der Waals surface area contributed by atoms with E-state index in [9.17, 15) is 18.0 Å². The number of nitrogens with zero attached hydrogens (tertiary/aromatic N) is 2. The number of rotatable bonds is 6. The van der Waals surface area contributed by atoms with Crippen LogP contribution < -0.4 is 5.32 Å². The van der Waals surface area contributed by atoms with Crippen LogP contribution in [0.4, 0.5) is 5.69 Å². The zero-order chi connectivity index (χ0) is 21.7. The Morgan fingerprint density at radius 2 is 1.77 bits per heavy atom. The van der Waals surface area contributed by atoms with Crippen LogP contribution in [-0.2, 0) is 26.2 Å². The van der Waals surface area contributed by atoms with E-state index in [-0.39, 0.29) is 29.2 Å². The lowest BCUT2D eigenvalue weighted by Crippen LogP contribution is -2.45. The van der Waals surface area contributed by atoms with Gasteiger partial charge in [-0.05, 0) is 42.7 Å². The first-order valence-electron chi connectivity index (χ1n) is 9.94. The van der Waals surface area contributed by atoms with Crippen molar-refractivity contribution in [2.24, 2.45) is 5.92 Å². The highest BCUT2D eigenvalue weighted by Gasteiger charge is 2.34. The van der Waals surface area contributed by atoms with Gasteiger partial charge in [-0.1, -0.05) is 30.3 Å². The topological polar surface area (TPSA) is 86.8 Å². The van der Waals surface area contributed by atoms with Gasteiger partial charge in [0.05, 0.1) is 10.8 Å². The Morgan fingerprint density at radius 3 is 2.40 bits per heavy atom. The summed E-state index contributed by atoms with van der Waals surface area (Å²) in [6.07, 6.45) is 1.31. The third-order valence-electron chi connectivity index (χ3n) is 5.18. The molecule has 0 radical (unpaired) electrons. The highest BCUT2D eigenvalue weighted by atomic mass is 32.2. The molecule has 1 aliphatic heterocycles. The molecule has 30 heavy (non-hydrogen) atoms. The number of carbonyl (C=O) groups is 2. The minimum absolute atomic E-state index is 0.0419. The van der Waals surface area contributed by atoms with E-state index in [1.807, 2.05) is 30.3 Å². The highest BCUT2D eigenvalue weighted by molar-refractivity contribution is 7.89. The molecule has 1 atom stereocenters. The van der Waals surface area contributed by atoms with E-state index in [2.05, 4.69) is 5.32 Å². The molecule has 0 unspecified atom stereocenters. The Balaban J connectivity index is 1.68. The number of sulfonamides is 1. The van der Waals surface area contributed by atoms with Crippen molar-refractivity contribution in [3.05, 3.63) is 60.2 Å². The van der Waals surface area contributed by atoms with Crippen LogP contribution in [0.5, 0.6) is 0 Å². The van der Waals surface area contributed by atoms with Crippen molar-refractivity contribution in [1.82, 2.24) is 9.21 Å². The van der Waals surface area contributed by atoms with Crippen molar-refractivity contribution >= 4 is 27.5 Å². The zero-order valence-corrected chi connectivity index (χ0v) is 18.1. The lowest BCUT2D eigenvalue weighted by Gasteiger charge is -2.33. The standard InChI is InChI=1S/C22H27N3O4S/c1-17(26)23-20-10-12-21(13-11-20)30(28,29)25-14-6-9-19(16-25)22(27)24(2)15-18-7-4-3-5-8-18/h3-5,7-8,10-13,19H,6,9,14-16H2,1-2H3,(H,23,26)/t19-/m1/s1. The van der Waals surface area contributed by atoms with Gasteiger partial charge < -0.3 is 10.2 Å². The fraction of sp³-hybridized carbons (Fsp3) is 0.364.